The second kappa shape index (κ2) is 5.35. The van der Waals surface area contributed by atoms with Crippen LogP contribution >= 0.6 is 0 Å². The molecule has 1 amide bonds. The molecular weight excluding hydrogens is 216 g/mol. The maximum absolute atomic E-state index is 11.6. The van der Waals surface area contributed by atoms with E-state index in [4.69, 9.17) is 4.74 Å². The molecule has 0 saturated heterocycles. The van der Waals surface area contributed by atoms with Crippen LogP contribution in [0.5, 0.6) is 0 Å². The monoisotopic (exact) mass is 232 g/mol. The van der Waals surface area contributed by atoms with Gasteiger partial charge in [-0.3, -0.25) is 0 Å². The van der Waals surface area contributed by atoms with Crippen LogP contribution in [0.4, 0.5) is 4.79 Å². The molecule has 1 aromatic rings. The van der Waals surface area contributed by atoms with Gasteiger partial charge in [0, 0.05) is 19.3 Å². The van der Waals surface area contributed by atoms with Crippen molar-refractivity contribution in [3.05, 3.63) is 30.1 Å². The van der Waals surface area contributed by atoms with E-state index in [1.54, 1.807) is 19.3 Å². The molecule has 0 radical (unpaired) electrons. The minimum atomic E-state index is -0.516. The number of hydrogen-bond acceptors (Lipinski definition) is 3. The Hall–Kier alpha value is -2.02. The van der Waals surface area contributed by atoms with Crippen molar-refractivity contribution in [3.63, 3.8) is 0 Å². The van der Waals surface area contributed by atoms with Crippen molar-refractivity contribution in [1.29, 1.82) is 0 Å². The lowest BCUT2D eigenvalue weighted by molar-refractivity contribution is 0.0387. The Kier molecular flexibility index (Phi) is 4.11. The standard InChI is InChI=1S/C13H16N2O2/c1-13(2,3)17-12(16)15(4)10-8-11-7-5-6-9-14-11/h5-7,9H,1-4H3. The van der Waals surface area contributed by atoms with Crippen molar-refractivity contribution in [3.8, 4) is 12.0 Å². The van der Waals surface area contributed by atoms with Crippen LogP contribution in [0.2, 0.25) is 0 Å². The third-order valence-corrected chi connectivity index (χ3v) is 1.68. The minimum Gasteiger partial charge on any atom is -0.443 e. The molecule has 0 unspecified atom stereocenters. The zero-order valence-electron chi connectivity index (χ0n) is 10.5. The number of carbonyl (C=O) groups excluding carboxylic acids is 1. The van der Waals surface area contributed by atoms with Gasteiger partial charge in [0.2, 0.25) is 0 Å². The first-order valence-electron chi connectivity index (χ1n) is 5.28. The largest absolute Gasteiger partial charge is 0.443 e. The molecule has 4 nitrogen and oxygen atoms in total. The Morgan fingerprint density at radius 1 is 1.41 bits per heavy atom. The molecule has 0 N–H and O–H groups in total. The van der Waals surface area contributed by atoms with Crippen molar-refractivity contribution in [2.45, 2.75) is 26.4 Å². The van der Waals surface area contributed by atoms with E-state index < -0.39 is 11.7 Å². The van der Waals surface area contributed by atoms with Crippen molar-refractivity contribution < 1.29 is 9.53 Å². The number of aromatic nitrogens is 1. The lowest BCUT2D eigenvalue weighted by Gasteiger charge is -2.21. The molecule has 0 bridgehead atoms. The summed E-state index contributed by atoms with van der Waals surface area (Å²) < 4.78 is 5.15. The predicted molar refractivity (Wildman–Crippen MR) is 65.1 cm³/mol. The SMILES string of the molecule is CN(C#Cc1ccccn1)C(=O)OC(C)(C)C. The summed E-state index contributed by atoms with van der Waals surface area (Å²) in [6.45, 7) is 5.43. The summed E-state index contributed by atoms with van der Waals surface area (Å²) in [5.41, 5.74) is 0.0980. The number of carbonyl (C=O) groups is 1. The fourth-order valence-corrected chi connectivity index (χ4v) is 0.954. The molecular formula is C13H16N2O2. The van der Waals surface area contributed by atoms with Crippen LogP contribution in [-0.2, 0) is 4.74 Å². The highest BCUT2D eigenvalue weighted by Gasteiger charge is 2.18. The van der Waals surface area contributed by atoms with Gasteiger partial charge >= 0.3 is 6.09 Å². The number of hydrogen-bond donors (Lipinski definition) is 0. The summed E-state index contributed by atoms with van der Waals surface area (Å²) in [7, 11) is 1.56. The predicted octanol–water partition coefficient (Wildman–Crippen LogP) is 2.26. The van der Waals surface area contributed by atoms with E-state index in [0.717, 1.165) is 0 Å². The molecule has 17 heavy (non-hydrogen) atoms. The van der Waals surface area contributed by atoms with E-state index in [1.165, 1.54) is 4.90 Å². The van der Waals surface area contributed by atoms with Crippen LogP contribution < -0.4 is 0 Å². The molecule has 0 saturated carbocycles. The molecule has 0 atom stereocenters. The Balaban J connectivity index is 2.64. The topological polar surface area (TPSA) is 42.4 Å². The smallest absolute Gasteiger partial charge is 0.421 e. The van der Waals surface area contributed by atoms with Crippen LogP contribution in [0, 0.1) is 12.0 Å². The van der Waals surface area contributed by atoms with Crippen LogP contribution in [0.1, 0.15) is 26.5 Å². The Morgan fingerprint density at radius 3 is 2.65 bits per heavy atom. The van der Waals surface area contributed by atoms with Gasteiger partial charge in [-0.1, -0.05) is 6.07 Å². The summed E-state index contributed by atoms with van der Waals surface area (Å²) in [6, 6.07) is 8.09. The highest BCUT2D eigenvalue weighted by Crippen LogP contribution is 2.08. The van der Waals surface area contributed by atoms with Gasteiger partial charge in [-0.15, -0.1) is 0 Å². The Labute approximate surface area is 102 Å². The molecule has 0 aromatic carbocycles. The summed E-state index contributed by atoms with van der Waals surface area (Å²) in [4.78, 5) is 16.8. The van der Waals surface area contributed by atoms with E-state index >= 15 is 0 Å². The van der Waals surface area contributed by atoms with Crippen LogP contribution in [0.25, 0.3) is 0 Å². The maximum Gasteiger partial charge on any atom is 0.421 e. The fraction of sp³-hybridized carbons (Fsp3) is 0.385. The molecule has 4 heteroatoms. The van der Waals surface area contributed by atoms with Crippen LogP contribution in [0.3, 0.4) is 0 Å². The average Bonchev–Trinajstić information content (AvgIpc) is 2.25. The van der Waals surface area contributed by atoms with E-state index in [0.29, 0.717) is 5.69 Å². The molecule has 0 fully saturated rings. The third-order valence-electron chi connectivity index (χ3n) is 1.68. The highest BCUT2D eigenvalue weighted by molar-refractivity contribution is 5.70. The van der Waals surface area contributed by atoms with Gasteiger partial charge < -0.3 is 4.74 Å². The fourth-order valence-electron chi connectivity index (χ4n) is 0.954. The van der Waals surface area contributed by atoms with Gasteiger partial charge in [0.25, 0.3) is 0 Å². The maximum atomic E-state index is 11.6. The summed E-state index contributed by atoms with van der Waals surface area (Å²) in [6.07, 6.45) is 1.18. The first-order valence-corrected chi connectivity index (χ1v) is 5.28. The van der Waals surface area contributed by atoms with Crippen molar-refractivity contribution in [2.75, 3.05) is 7.05 Å². The number of pyridine rings is 1. The quantitative estimate of drug-likeness (QED) is 0.509. The second-order valence-electron chi connectivity index (χ2n) is 4.49. The summed E-state index contributed by atoms with van der Waals surface area (Å²) >= 11 is 0. The molecule has 0 spiro atoms. The van der Waals surface area contributed by atoms with E-state index in [9.17, 15) is 4.79 Å². The molecule has 0 aliphatic rings. The minimum absolute atomic E-state index is 0.471. The molecule has 90 valence electrons. The molecule has 0 aliphatic carbocycles. The first kappa shape index (κ1) is 13.0. The zero-order valence-corrected chi connectivity index (χ0v) is 10.5. The lowest BCUT2D eigenvalue weighted by Crippen LogP contribution is -2.31. The van der Waals surface area contributed by atoms with Gasteiger partial charge in [0.15, 0.2) is 0 Å². The Morgan fingerprint density at radius 2 is 2.12 bits per heavy atom. The number of ether oxygens (including phenoxy) is 1. The van der Waals surface area contributed by atoms with Gasteiger partial charge in [-0.05, 0) is 38.8 Å². The molecule has 1 rings (SSSR count). The average molecular weight is 232 g/mol. The number of nitrogens with zero attached hydrogens (tertiary/aromatic N) is 2. The van der Waals surface area contributed by atoms with Crippen molar-refractivity contribution in [1.82, 2.24) is 9.88 Å². The van der Waals surface area contributed by atoms with Crippen molar-refractivity contribution >= 4 is 6.09 Å². The van der Waals surface area contributed by atoms with Crippen molar-refractivity contribution in [2.24, 2.45) is 0 Å². The van der Waals surface area contributed by atoms with Gasteiger partial charge in [-0.2, -0.15) is 0 Å². The van der Waals surface area contributed by atoms with Gasteiger partial charge in [-0.25, -0.2) is 14.7 Å². The van der Waals surface area contributed by atoms with Crippen LogP contribution in [-0.4, -0.2) is 28.6 Å². The van der Waals surface area contributed by atoms with Gasteiger partial charge in [0.05, 0.1) is 0 Å². The van der Waals surface area contributed by atoms with Gasteiger partial charge in [0.1, 0.15) is 11.3 Å². The first-order chi connectivity index (χ1) is 7.88. The normalized spacial score (nSPS) is 10.1. The lowest BCUT2D eigenvalue weighted by atomic mass is 10.2. The number of rotatable bonds is 0. The summed E-state index contributed by atoms with van der Waals surface area (Å²) in [5, 5.41) is 0. The number of amides is 1. The highest BCUT2D eigenvalue weighted by atomic mass is 16.6. The molecule has 1 aromatic heterocycles. The second-order valence-corrected chi connectivity index (χ2v) is 4.49. The van der Waals surface area contributed by atoms with E-state index in [1.807, 2.05) is 32.9 Å². The zero-order chi connectivity index (χ0) is 12.9. The molecule has 0 aliphatic heterocycles. The van der Waals surface area contributed by atoms with E-state index in [-0.39, 0.29) is 0 Å². The summed E-state index contributed by atoms with van der Waals surface area (Å²) in [5.74, 6) is 2.78. The Bertz CT molecular complexity index is 438. The van der Waals surface area contributed by atoms with Crippen LogP contribution in [0.15, 0.2) is 24.4 Å². The molecule has 1 heterocycles. The van der Waals surface area contributed by atoms with E-state index in [2.05, 4.69) is 16.9 Å². The third kappa shape index (κ3) is 5.03.